The predicted molar refractivity (Wildman–Crippen MR) is 262 cm³/mol. The summed E-state index contributed by atoms with van der Waals surface area (Å²) in [6.07, 6.45) is 4.74. The monoisotopic (exact) mass is 941 g/mol. The van der Waals surface area contributed by atoms with Crippen LogP contribution in [0.4, 0.5) is 47.6 Å². The van der Waals surface area contributed by atoms with Crippen LogP contribution >= 0.6 is 0 Å². The van der Waals surface area contributed by atoms with E-state index in [4.69, 9.17) is 4.74 Å². The van der Waals surface area contributed by atoms with E-state index in [1.807, 2.05) is 62.4 Å². The molecule has 1 aliphatic carbocycles. The molecule has 7 rings (SSSR count). The zero-order valence-electron chi connectivity index (χ0n) is 39.8. The first-order valence-electron chi connectivity index (χ1n) is 22.3. The van der Waals surface area contributed by atoms with E-state index in [9.17, 15) is 33.0 Å². The number of rotatable bonds is 18. The molecule has 1 fully saturated rings. The fourth-order valence-corrected chi connectivity index (χ4v) is 6.21. The summed E-state index contributed by atoms with van der Waals surface area (Å²) in [6.45, 7) is 11.5. The van der Waals surface area contributed by atoms with Crippen molar-refractivity contribution < 1.29 is 37.7 Å². The number of carbonyl (C=O) groups excluding carboxylic acids is 2. The molecule has 0 spiro atoms. The molecule has 19 heteroatoms. The van der Waals surface area contributed by atoms with E-state index in [0.29, 0.717) is 40.5 Å². The van der Waals surface area contributed by atoms with E-state index < -0.39 is 41.0 Å². The Bertz CT molecular complexity index is 2650. The number of benzene rings is 2. The molecule has 0 aliphatic heterocycles. The second-order valence-electron chi connectivity index (χ2n) is 17.7. The summed E-state index contributed by atoms with van der Waals surface area (Å²) in [5.74, 6) is 0.393. The number of carbonyl (C=O) groups is 2. The number of alkyl halides is 3. The minimum Gasteiger partial charge on any atom is -0.480 e. The predicted octanol–water partition coefficient (Wildman–Crippen LogP) is 8.59. The summed E-state index contributed by atoms with van der Waals surface area (Å²) < 4.78 is 47.5. The van der Waals surface area contributed by atoms with Gasteiger partial charge in [0.2, 0.25) is 5.88 Å². The smallest absolute Gasteiger partial charge is 0.255 e. The quantitative estimate of drug-likeness (QED) is 0.0405. The molecule has 1 aliphatic rings. The van der Waals surface area contributed by atoms with Crippen LogP contribution in [0.3, 0.4) is 0 Å². The maximum absolute atomic E-state index is 14.1. The highest BCUT2D eigenvalue weighted by molar-refractivity contribution is 6.01. The second-order valence-corrected chi connectivity index (χ2v) is 17.7. The largest absolute Gasteiger partial charge is 0.480 e. The van der Waals surface area contributed by atoms with Gasteiger partial charge in [0.1, 0.15) is 36.0 Å². The van der Waals surface area contributed by atoms with Crippen molar-refractivity contribution in [2.45, 2.75) is 103 Å². The number of nitrogens with zero attached hydrogens (tertiary/aromatic N) is 5. The van der Waals surface area contributed by atoms with Crippen molar-refractivity contribution in [3.05, 3.63) is 96.7 Å². The topological polar surface area (TPSA) is 220 Å². The summed E-state index contributed by atoms with van der Waals surface area (Å²) in [4.78, 5) is 46.7. The van der Waals surface area contributed by atoms with Crippen LogP contribution in [0.1, 0.15) is 88.9 Å². The van der Waals surface area contributed by atoms with Gasteiger partial charge in [0, 0.05) is 60.1 Å². The number of halogens is 3. The molecule has 6 aromatic rings. The van der Waals surface area contributed by atoms with Crippen LogP contribution in [0.15, 0.2) is 85.6 Å². The molecule has 68 heavy (non-hydrogen) atoms. The Kier molecular flexibility index (Phi) is 17.4. The van der Waals surface area contributed by atoms with E-state index in [2.05, 4.69) is 56.8 Å². The Morgan fingerprint density at radius 2 is 1.28 bits per heavy atom. The highest BCUT2D eigenvalue weighted by Crippen LogP contribution is 2.31. The molecule has 4 heterocycles. The van der Waals surface area contributed by atoms with E-state index >= 15 is 0 Å². The number of amides is 2. The van der Waals surface area contributed by atoms with Crippen molar-refractivity contribution in [3.8, 4) is 5.88 Å². The SMILES string of the molecule is CC.CC(C)(F)CNc1cc(Nc2ccc3ncccc3c2)ncc1C(=O)NC[C@@H](F)C(C)(C)O.COc1ncnc2ccc(Nc3cc(NC4CC4)c(C(=O)NC[C@@H](F)C(C)(C)O)cn3)cc12. The van der Waals surface area contributed by atoms with Crippen molar-refractivity contribution in [3.63, 3.8) is 0 Å². The van der Waals surface area contributed by atoms with Crippen molar-refractivity contribution >= 4 is 68.0 Å². The van der Waals surface area contributed by atoms with Gasteiger partial charge in [-0.15, -0.1) is 0 Å². The van der Waals surface area contributed by atoms with E-state index in [1.54, 1.807) is 25.4 Å². The summed E-state index contributed by atoms with van der Waals surface area (Å²) in [5, 5.41) is 38.9. The van der Waals surface area contributed by atoms with Gasteiger partial charge < -0.3 is 46.9 Å². The third kappa shape index (κ3) is 15.1. The molecular formula is C49H62F3N11O5. The zero-order chi connectivity index (χ0) is 49.8. The molecule has 1 saturated carbocycles. The number of methoxy groups -OCH3 is 1. The Labute approximate surface area is 394 Å². The van der Waals surface area contributed by atoms with E-state index in [1.165, 1.54) is 60.3 Å². The van der Waals surface area contributed by atoms with Gasteiger partial charge >= 0.3 is 0 Å². The third-order valence-corrected chi connectivity index (χ3v) is 10.3. The van der Waals surface area contributed by atoms with Crippen LogP contribution in [-0.2, 0) is 0 Å². The summed E-state index contributed by atoms with van der Waals surface area (Å²) >= 11 is 0. The van der Waals surface area contributed by atoms with Gasteiger partial charge in [-0.3, -0.25) is 14.6 Å². The number of anilines is 6. The molecule has 2 atom stereocenters. The lowest BCUT2D eigenvalue weighted by Gasteiger charge is -2.23. The number of hydrogen-bond acceptors (Lipinski definition) is 14. The number of hydrogen-bond donors (Lipinski definition) is 8. The van der Waals surface area contributed by atoms with Crippen molar-refractivity contribution in [1.29, 1.82) is 0 Å². The molecule has 364 valence electrons. The minimum absolute atomic E-state index is 0.0478. The third-order valence-electron chi connectivity index (χ3n) is 10.3. The highest BCUT2D eigenvalue weighted by Gasteiger charge is 2.29. The van der Waals surface area contributed by atoms with Gasteiger partial charge in [-0.05, 0) is 96.8 Å². The molecular weight excluding hydrogens is 880 g/mol. The lowest BCUT2D eigenvalue weighted by Crippen LogP contribution is -2.42. The number of pyridine rings is 3. The first kappa shape index (κ1) is 52.1. The molecule has 16 nitrogen and oxygen atoms in total. The normalized spacial score (nSPS) is 13.4. The second kappa shape index (κ2) is 22.8. The fraction of sp³-hybridized carbons (Fsp3) is 0.408. The Morgan fingerprint density at radius 3 is 1.82 bits per heavy atom. The van der Waals surface area contributed by atoms with Crippen LogP contribution in [0.2, 0.25) is 0 Å². The average Bonchev–Trinajstić information content (AvgIpc) is 4.13. The summed E-state index contributed by atoms with van der Waals surface area (Å²) in [5.41, 5.74) is -0.139. The molecule has 0 saturated heterocycles. The minimum atomic E-state index is -1.65. The fourth-order valence-electron chi connectivity index (χ4n) is 6.21. The van der Waals surface area contributed by atoms with E-state index in [0.717, 1.165) is 46.0 Å². The zero-order valence-corrected chi connectivity index (χ0v) is 39.8. The first-order valence-corrected chi connectivity index (χ1v) is 22.3. The maximum atomic E-state index is 14.1. The Morgan fingerprint density at radius 1 is 0.735 bits per heavy atom. The Balaban J connectivity index is 0.000000245. The molecule has 8 N–H and O–H groups in total. The lowest BCUT2D eigenvalue weighted by atomic mass is 10.0. The van der Waals surface area contributed by atoms with Crippen molar-refractivity contribution in [1.82, 2.24) is 35.6 Å². The van der Waals surface area contributed by atoms with Crippen LogP contribution in [0.5, 0.6) is 5.88 Å². The Hall–Kier alpha value is -6.86. The van der Waals surface area contributed by atoms with Crippen molar-refractivity contribution in [2.75, 3.05) is 48.0 Å². The molecule has 0 bridgehead atoms. The van der Waals surface area contributed by atoms with Crippen molar-refractivity contribution in [2.24, 2.45) is 0 Å². The number of fused-ring (bicyclic) bond motifs is 2. The van der Waals surface area contributed by atoms with Gasteiger partial charge in [0.25, 0.3) is 11.8 Å². The van der Waals surface area contributed by atoms with Crippen LogP contribution in [0.25, 0.3) is 21.8 Å². The van der Waals surface area contributed by atoms with Gasteiger partial charge in [-0.2, -0.15) is 0 Å². The average molecular weight is 942 g/mol. The maximum Gasteiger partial charge on any atom is 0.255 e. The number of nitrogens with one attached hydrogen (secondary N) is 6. The molecule has 2 amide bonds. The summed E-state index contributed by atoms with van der Waals surface area (Å²) in [7, 11) is 1.55. The highest BCUT2D eigenvalue weighted by atomic mass is 19.1. The molecule has 0 radical (unpaired) electrons. The molecule has 2 aromatic carbocycles. The molecule has 0 unspecified atom stereocenters. The summed E-state index contributed by atoms with van der Waals surface area (Å²) in [6, 6.07) is 18.6. The first-order chi connectivity index (χ1) is 32.2. The van der Waals surface area contributed by atoms with Gasteiger partial charge in [0.05, 0.1) is 70.3 Å². The van der Waals surface area contributed by atoms with Gasteiger partial charge in [-0.1, -0.05) is 19.9 Å². The molecule has 4 aromatic heterocycles. The standard InChI is InChI=1S/C24H29F2N5O2.C23H27FN6O3.C2H6/c1-23(2,26)14-30-19-11-21(31-16-7-8-18-15(10-16)6-5-9-27-18)28-12-17(19)22(32)29-13-20(25)24(3,4)33;1-23(2,32)19(24)11-26-21(31)16-10-25-20(9-18(16)29-13-4-5-13)30-14-6-7-17-15(8-14)22(33-3)28-12-27-17;1-2/h5-12,20,33H,13-14H2,1-4H3,(H,29,32)(H2,28,30,31);6-10,12-13,19,32H,4-5,11H2,1-3H3,(H,26,31)(H2,25,29,30);1-2H3/t20-;19-;/m11./s1. The van der Waals surface area contributed by atoms with Crippen LogP contribution < -0.4 is 36.6 Å². The van der Waals surface area contributed by atoms with Gasteiger partial charge in [0.15, 0.2) is 0 Å². The van der Waals surface area contributed by atoms with Crippen LogP contribution in [-0.4, -0.2) is 109 Å². The number of ether oxygens (including phenoxy) is 1. The number of aliphatic hydroxyl groups is 2. The number of aromatic nitrogens is 5. The lowest BCUT2D eigenvalue weighted by molar-refractivity contribution is -0.00209. The van der Waals surface area contributed by atoms with Gasteiger partial charge in [-0.25, -0.2) is 33.1 Å². The van der Waals surface area contributed by atoms with Crippen LogP contribution in [0, 0.1) is 0 Å². The van der Waals surface area contributed by atoms with E-state index in [-0.39, 0.29) is 25.2 Å².